The normalized spacial score (nSPS) is 11.1. The SMILES string of the molecule is CC(C)n1cc(Cn2cc(-c3ccccc3)nn2)c(=O)[nH]c1=O. The monoisotopic (exact) mass is 311 g/mol. The highest BCUT2D eigenvalue weighted by molar-refractivity contribution is 5.57. The number of nitrogens with one attached hydrogen (secondary N) is 1. The smallest absolute Gasteiger partial charge is 0.298 e. The van der Waals surface area contributed by atoms with Crippen LogP contribution in [0.4, 0.5) is 0 Å². The molecule has 7 heteroatoms. The van der Waals surface area contributed by atoms with Gasteiger partial charge in [0.05, 0.1) is 18.3 Å². The van der Waals surface area contributed by atoms with E-state index in [1.54, 1.807) is 17.1 Å². The lowest BCUT2D eigenvalue weighted by atomic mass is 10.2. The highest BCUT2D eigenvalue weighted by atomic mass is 16.2. The number of H-pyrrole nitrogens is 1. The molecule has 0 fully saturated rings. The molecule has 0 spiro atoms. The van der Waals surface area contributed by atoms with E-state index in [4.69, 9.17) is 0 Å². The zero-order valence-corrected chi connectivity index (χ0v) is 12.9. The van der Waals surface area contributed by atoms with Crippen LogP contribution < -0.4 is 11.2 Å². The van der Waals surface area contributed by atoms with Crippen molar-refractivity contribution in [3.05, 3.63) is 69.1 Å². The molecule has 0 aliphatic carbocycles. The molecule has 7 nitrogen and oxygen atoms in total. The number of benzene rings is 1. The minimum Gasteiger partial charge on any atom is -0.298 e. The maximum Gasteiger partial charge on any atom is 0.328 e. The molecule has 0 amide bonds. The fourth-order valence-corrected chi connectivity index (χ4v) is 2.31. The van der Waals surface area contributed by atoms with Crippen molar-refractivity contribution in [2.75, 3.05) is 0 Å². The molecule has 0 saturated carbocycles. The average molecular weight is 311 g/mol. The lowest BCUT2D eigenvalue weighted by Crippen LogP contribution is -2.33. The summed E-state index contributed by atoms with van der Waals surface area (Å²) in [6.45, 7) is 4.01. The van der Waals surface area contributed by atoms with Gasteiger partial charge in [0.1, 0.15) is 5.69 Å². The van der Waals surface area contributed by atoms with Gasteiger partial charge in [-0.1, -0.05) is 35.5 Å². The number of nitrogens with zero attached hydrogens (tertiary/aromatic N) is 4. The maximum atomic E-state index is 12.0. The van der Waals surface area contributed by atoms with Crippen LogP contribution in [0.15, 0.2) is 52.3 Å². The minimum atomic E-state index is -0.405. The molecule has 0 unspecified atom stereocenters. The first kappa shape index (κ1) is 15.0. The minimum absolute atomic E-state index is 0.0336. The number of aromatic amines is 1. The van der Waals surface area contributed by atoms with E-state index in [1.165, 1.54) is 4.57 Å². The predicted octanol–water partition coefficient (Wildman–Crippen LogP) is 1.42. The summed E-state index contributed by atoms with van der Waals surface area (Å²) in [5, 5.41) is 8.17. The van der Waals surface area contributed by atoms with Gasteiger partial charge in [-0.15, -0.1) is 5.10 Å². The second kappa shape index (κ2) is 6.04. The zero-order valence-electron chi connectivity index (χ0n) is 12.9. The number of rotatable bonds is 4. The van der Waals surface area contributed by atoms with Crippen LogP contribution in [0.3, 0.4) is 0 Å². The molecule has 23 heavy (non-hydrogen) atoms. The van der Waals surface area contributed by atoms with Crippen molar-refractivity contribution in [3.63, 3.8) is 0 Å². The summed E-state index contributed by atoms with van der Waals surface area (Å²) in [5.41, 5.74) is 1.35. The topological polar surface area (TPSA) is 85.6 Å². The van der Waals surface area contributed by atoms with Gasteiger partial charge in [-0.2, -0.15) is 0 Å². The molecule has 0 bridgehead atoms. The largest absolute Gasteiger partial charge is 0.328 e. The Morgan fingerprint density at radius 2 is 1.87 bits per heavy atom. The van der Waals surface area contributed by atoms with Crippen molar-refractivity contribution in [1.82, 2.24) is 24.5 Å². The Bertz CT molecular complexity index is 921. The highest BCUT2D eigenvalue weighted by Crippen LogP contribution is 2.15. The molecule has 0 aliphatic rings. The summed E-state index contributed by atoms with van der Waals surface area (Å²) < 4.78 is 3.08. The van der Waals surface area contributed by atoms with Crippen LogP contribution in [-0.4, -0.2) is 24.5 Å². The van der Waals surface area contributed by atoms with E-state index in [0.29, 0.717) is 5.56 Å². The van der Waals surface area contributed by atoms with Gasteiger partial charge in [-0.05, 0) is 13.8 Å². The Morgan fingerprint density at radius 1 is 1.13 bits per heavy atom. The van der Waals surface area contributed by atoms with Gasteiger partial charge in [0.15, 0.2) is 0 Å². The summed E-state index contributed by atoms with van der Waals surface area (Å²) in [7, 11) is 0. The second-order valence-corrected chi connectivity index (χ2v) is 5.58. The molecule has 0 radical (unpaired) electrons. The van der Waals surface area contributed by atoms with Crippen molar-refractivity contribution in [3.8, 4) is 11.3 Å². The molecule has 1 aromatic carbocycles. The van der Waals surface area contributed by atoms with E-state index in [0.717, 1.165) is 11.3 Å². The molecule has 3 rings (SSSR count). The average Bonchev–Trinajstić information content (AvgIpc) is 2.99. The molecular formula is C16H17N5O2. The molecule has 118 valence electrons. The van der Waals surface area contributed by atoms with Crippen molar-refractivity contribution < 1.29 is 0 Å². The van der Waals surface area contributed by atoms with E-state index >= 15 is 0 Å². The first-order valence-corrected chi connectivity index (χ1v) is 7.34. The van der Waals surface area contributed by atoms with Gasteiger partial charge < -0.3 is 0 Å². The first-order chi connectivity index (χ1) is 11.0. The van der Waals surface area contributed by atoms with Crippen molar-refractivity contribution in [2.45, 2.75) is 26.4 Å². The summed E-state index contributed by atoms with van der Waals surface area (Å²) in [4.78, 5) is 26.1. The summed E-state index contributed by atoms with van der Waals surface area (Å²) >= 11 is 0. The Morgan fingerprint density at radius 3 is 2.57 bits per heavy atom. The fourth-order valence-electron chi connectivity index (χ4n) is 2.31. The van der Waals surface area contributed by atoms with Crippen LogP contribution in [-0.2, 0) is 6.54 Å². The molecule has 2 aromatic heterocycles. The Kier molecular flexibility index (Phi) is 3.92. The quantitative estimate of drug-likeness (QED) is 0.789. The van der Waals surface area contributed by atoms with Crippen LogP contribution >= 0.6 is 0 Å². The summed E-state index contributed by atoms with van der Waals surface area (Å²) in [6, 6.07) is 9.64. The molecule has 1 N–H and O–H groups in total. The molecular weight excluding hydrogens is 294 g/mol. The van der Waals surface area contributed by atoms with Crippen LogP contribution in [0.2, 0.25) is 0 Å². The Hall–Kier alpha value is -2.96. The van der Waals surface area contributed by atoms with E-state index in [9.17, 15) is 9.59 Å². The second-order valence-electron chi connectivity index (χ2n) is 5.58. The maximum absolute atomic E-state index is 12.0. The van der Waals surface area contributed by atoms with Gasteiger partial charge in [0, 0.05) is 17.8 Å². The third kappa shape index (κ3) is 3.13. The standard InChI is InChI=1S/C16H17N5O2/c1-11(2)21-9-13(15(22)17-16(21)23)8-20-10-14(18-19-20)12-6-4-3-5-7-12/h3-7,9-11H,8H2,1-2H3,(H,17,22,23). The number of hydrogen-bond acceptors (Lipinski definition) is 4. The van der Waals surface area contributed by atoms with Crippen LogP contribution in [0.25, 0.3) is 11.3 Å². The van der Waals surface area contributed by atoms with E-state index in [-0.39, 0.29) is 12.6 Å². The van der Waals surface area contributed by atoms with E-state index < -0.39 is 11.2 Å². The summed E-state index contributed by atoms with van der Waals surface area (Å²) in [5.74, 6) is 0. The van der Waals surface area contributed by atoms with E-state index in [2.05, 4.69) is 15.3 Å². The molecule has 3 aromatic rings. The first-order valence-electron chi connectivity index (χ1n) is 7.34. The predicted molar refractivity (Wildman–Crippen MR) is 86.3 cm³/mol. The van der Waals surface area contributed by atoms with Crippen LogP contribution in [0.1, 0.15) is 25.5 Å². The lowest BCUT2D eigenvalue weighted by molar-refractivity contribution is 0.547. The van der Waals surface area contributed by atoms with Gasteiger partial charge in [-0.25, -0.2) is 9.48 Å². The van der Waals surface area contributed by atoms with Crippen LogP contribution in [0, 0.1) is 0 Å². The van der Waals surface area contributed by atoms with Crippen molar-refractivity contribution in [1.29, 1.82) is 0 Å². The third-order valence-corrected chi connectivity index (χ3v) is 3.54. The fraction of sp³-hybridized carbons (Fsp3) is 0.250. The number of hydrogen-bond donors (Lipinski definition) is 1. The van der Waals surface area contributed by atoms with Crippen molar-refractivity contribution in [2.24, 2.45) is 0 Å². The third-order valence-electron chi connectivity index (χ3n) is 3.54. The van der Waals surface area contributed by atoms with Crippen molar-refractivity contribution >= 4 is 0 Å². The molecule has 0 aliphatic heterocycles. The van der Waals surface area contributed by atoms with Gasteiger partial charge in [-0.3, -0.25) is 14.3 Å². The molecule has 2 heterocycles. The molecule has 0 atom stereocenters. The van der Waals surface area contributed by atoms with Gasteiger partial charge in [0.2, 0.25) is 0 Å². The number of aromatic nitrogens is 5. The lowest BCUT2D eigenvalue weighted by Gasteiger charge is -2.10. The van der Waals surface area contributed by atoms with Crippen LogP contribution in [0.5, 0.6) is 0 Å². The Balaban J connectivity index is 1.91. The Labute approximate surface area is 132 Å². The van der Waals surface area contributed by atoms with Gasteiger partial charge >= 0.3 is 5.69 Å². The highest BCUT2D eigenvalue weighted by Gasteiger charge is 2.10. The van der Waals surface area contributed by atoms with E-state index in [1.807, 2.05) is 44.2 Å². The summed E-state index contributed by atoms with van der Waals surface area (Å²) in [6.07, 6.45) is 3.36. The molecule has 0 saturated heterocycles. The van der Waals surface area contributed by atoms with Gasteiger partial charge in [0.25, 0.3) is 5.56 Å². The zero-order chi connectivity index (χ0) is 16.4.